The minimum Gasteiger partial charge on any atom is -0.326 e. The molecule has 1 aromatic rings. The summed E-state index contributed by atoms with van der Waals surface area (Å²) in [6, 6.07) is 0.400. The lowest BCUT2D eigenvalue weighted by atomic mass is 10.1. The normalized spacial score (nSPS) is 21.8. The van der Waals surface area contributed by atoms with Gasteiger partial charge in [-0.05, 0) is 51.8 Å². The average molecular weight is 222 g/mol. The fourth-order valence-corrected chi connectivity index (χ4v) is 2.49. The van der Waals surface area contributed by atoms with Gasteiger partial charge in [-0.1, -0.05) is 0 Å². The molecule has 1 fully saturated rings. The summed E-state index contributed by atoms with van der Waals surface area (Å²) in [6.45, 7) is 7.58. The number of aromatic nitrogens is 2. The smallest absolute Gasteiger partial charge is 0.0625 e. The molecule has 1 aliphatic heterocycles. The van der Waals surface area contributed by atoms with Crippen LogP contribution in [-0.2, 0) is 6.42 Å². The summed E-state index contributed by atoms with van der Waals surface area (Å²) in [5.74, 6) is 0. The second kappa shape index (κ2) is 4.97. The summed E-state index contributed by atoms with van der Waals surface area (Å²) in [5.41, 5.74) is 9.64. The highest BCUT2D eigenvalue weighted by Gasteiger charge is 2.18. The van der Waals surface area contributed by atoms with E-state index in [2.05, 4.69) is 28.9 Å². The Labute approximate surface area is 97.2 Å². The molecule has 1 unspecified atom stereocenters. The first-order chi connectivity index (χ1) is 7.66. The number of nitrogens with zero attached hydrogens (tertiary/aromatic N) is 2. The number of nitrogens with two attached hydrogens (primary N) is 1. The Bertz CT molecular complexity index is 325. The Balaban J connectivity index is 1.76. The molecule has 1 aliphatic rings. The van der Waals surface area contributed by atoms with Gasteiger partial charge in [0, 0.05) is 18.3 Å². The molecule has 0 bridgehead atoms. The summed E-state index contributed by atoms with van der Waals surface area (Å²) in [6.07, 6.45) is 3.48. The van der Waals surface area contributed by atoms with E-state index in [1.165, 1.54) is 24.2 Å². The van der Waals surface area contributed by atoms with Crippen LogP contribution in [0, 0.1) is 13.8 Å². The van der Waals surface area contributed by atoms with Gasteiger partial charge in [0.05, 0.1) is 5.69 Å². The van der Waals surface area contributed by atoms with Crippen LogP contribution in [0.3, 0.4) is 0 Å². The monoisotopic (exact) mass is 222 g/mol. The van der Waals surface area contributed by atoms with E-state index in [9.17, 15) is 0 Å². The molecule has 0 aliphatic carbocycles. The van der Waals surface area contributed by atoms with Crippen LogP contribution >= 0.6 is 0 Å². The van der Waals surface area contributed by atoms with Gasteiger partial charge in [0.2, 0.25) is 0 Å². The van der Waals surface area contributed by atoms with Gasteiger partial charge in [-0.25, -0.2) is 0 Å². The van der Waals surface area contributed by atoms with Crippen molar-refractivity contribution in [2.75, 3.05) is 19.6 Å². The SMILES string of the molecule is Cc1n[nH]c(C)c1CCCN1CCC(N)C1. The van der Waals surface area contributed by atoms with E-state index in [4.69, 9.17) is 5.73 Å². The van der Waals surface area contributed by atoms with Crippen LogP contribution in [0.2, 0.25) is 0 Å². The van der Waals surface area contributed by atoms with E-state index in [1.54, 1.807) is 0 Å². The summed E-state index contributed by atoms with van der Waals surface area (Å²) in [5, 5.41) is 7.26. The topological polar surface area (TPSA) is 57.9 Å². The van der Waals surface area contributed by atoms with Crippen molar-refractivity contribution in [1.82, 2.24) is 15.1 Å². The van der Waals surface area contributed by atoms with Crippen molar-refractivity contribution < 1.29 is 0 Å². The Hall–Kier alpha value is -0.870. The number of hydrogen-bond donors (Lipinski definition) is 2. The fraction of sp³-hybridized carbons (Fsp3) is 0.750. The minimum absolute atomic E-state index is 0.400. The van der Waals surface area contributed by atoms with Gasteiger partial charge in [0.15, 0.2) is 0 Å². The second-order valence-electron chi connectivity index (χ2n) is 4.87. The summed E-state index contributed by atoms with van der Waals surface area (Å²) in [4.78, 5) is 2.47. The Kier molecular flexibility index (Phi) is 3.61. The van der Waals surface area contributed by atoms with Crippen molar-refractivity contribution >= 4 is 0 Å². The van der Waals surface area contributed by atoms with Crippen molar-refractivity contribution in [3.63, 3.8) is 0 Å². The molecule has 1 atom stereocenters. The summed E-state index contributed by atoms with van der Waals surface area (Å²) >= 11 is 0. The van der Waals surface area contributed by atoms with E-state index in [-0.39, 0.29) is 0 Å². The molecule has 4 heteroatoms. The van der Waals surface area contributed by atoms with Crippen LogP contribution in [0.25, 0.3) is 0 Å². The molecule has 0 amide bonds. The average Bonchev–Trinajstić information content (AvgIpc) is 2.78. The van der Waals surface area contributed by atoms with Crippen molar-refractivity contribution in [3.8, 4) is 0 Å². The molecule has 3 N–H and O–H groups in total. The van der Waals surface area contributed by atoms with E-state index >= 15 is 0 Å². The molecule has 90 valence electrons. The molecule has 0 saturated carbocycles. The number of likely N-dealkylation sites (tertiary alicyclic amines) is 1. The first-order valence-electron chi connectivity index (χ1n) is 6.15. The van der Waals surface area contributed by atoms with Gasteiger partial charge in [0.1, 0.15) is 0 Å². The first-order valence-corrected chi connectivity index (χ1v) is 6.15. The summed E-state index contributed by atoms with van der Waals surface area (Å²) < 4.78 is 0. The molecule has 0 spiro atoms. The molecule has 1 saturated heterocycles. The molecular formula is C12H22N4. The predicted molar refractivity (Wildman–Crippen MR) is 65.4 cm³/mol. The molecule has 0 radical (unpaired) electrons. The highest BCUT2D eigenvalue weighted by atomic mass is 15.2. The van der Waals surface area contributed by atoms with Crippen LogP contribution < -0.4 is 5.73 Å². The van der Waals surface area contributed by atoms with Gasteiger partial charge >= 0.3 is 0 Å². The third kappa shape index (κ3) is 2.62. The van der Waals surface area contributed by atoms with Crippen LogP contribution in [-0.4, -0.2) is 40.8 Å². The molecule has 4 nitrogen and oxygen atoms in total. The quantitative estimate of drug-likeness (QED) is 0.799. The second-order valence-corrected chi connectivity index (χ2v) is 4.87. The van der Waals surface area contributed by atoms with Crippen LogP contribution in [0.15, 0.2) is 0 Å². The van der Waals surface area contributed by atoms with Crippen molar-refractivity contribution in [1.29, 1.82) is 0 Å². The zero-order valence-electron chi connectivity index (χ0n) is 10.3. The number of nitrogens with one attached hydrogen (secondary N) is 1. The number of rotatable bonds is 4. The predicted octanol–water partition coefficient (Wildman–Crippen LogP) is 0.992. The van der Waals surface area contributed by atoms with E-state index in [0.717, 1.165) is 31.6 Å². The number of aryl methyl sites for hydroxylation is 2. The molecule has 2 rings (SSSR count). The lowest BCUT2D eigenvalue weighted by Crippen LogP contribution is -2.27. The molecule has 0 aromatic carbocycles. The van der Waals surface area contributed by atoms with Crippen molar-refractivity contribution in [2.24, 2.45) is 5.73 Å². The van der Waals surface area contributed by atoms with Gasteiger partial charge in [0.25, 0.3) is 0 Å². The Morgan fingerprint density at radius 2 is 2.31 bits per heavy atom. The van der Waals surface area contributed by atoms with E-state index < -0.39 is 0 Å². The summed E-state index contributed by atoms with van der Waals surface area (Å²) in [7, 11) is 0. The molecule has 2 heterocycles. The van der Waals surface area contributed by atoms with Gasteiger partial charge in [-0.15, -0.1) is 0 Å². The van der Waals surface area contributed by atoms with Crippen molar-refractivity contribution in [3.05, 3.63) is 17.0 Å². The van der Waals surface area contributed by atoms with Gasteiger partial charge < -0.3 is 10.6 Å². The lowest BCUT2D eigenvalue weighted by molar-refractivity contribution is 0.329. The fourth-order valence-electron chi connectivity index (χ4n) is 2.49. The zero-order chi connectivity index (χ0) is 11.5. The lowest BCUT2D eigenvalue weighted by Gasteiger charge is -2.14. The van der Waals surface area contributed by atoms with Crippen LogP contribution in [0.5, 0.6) is 0 Å². The molecule has 1 aromatic heterocycles. The number of aromatic amines is 1. The number of hydrogen-bond acceptors (Lipinski definition) is 3. The standard InChI is InChI=1S/C12H22N4/c1-9-12(10(2)15-14-9)4-3-6-16-7-5-11(13)8-16/h11H,3-8,13H2,1-2H3,(H,14,15). The van der Waals surface area contributed by atoms with Crippen LogP contribution in [0.4, 0.5) is 0 Å². The maximum Gasteiger partial charge on any atom is 0.0625 e. The largest absolute Gasteiger partial charge is 0.326 e. The maximum atomic E-state index is 5.88. The highest BCUT2D eigenvalue weighted by Crippen LogP contribution is 2.13. The first kappa shape index (κ1) is 11.6. The number of H-pyrrole nitrogens is 1. The van der Waals surface area contributed by atoms with Gasteiger partial charge in [-0.3, -0.25) is 5.10 Å². The maximum absolute atomic E-state index is 5.88. The van der Waals surface area contributed by atoms with E-state index in [1.807, 2.05) is 0 Å². The minimum atomic E-state index is 0.400. The Morgan fingerprint density at radius 3 is 2.88 bits per heavy atom. The Morgan fingerprint density at radius 1 is 1.50 bits per heavy atom. The molecule has 16 heavy (non-hydrogen) atoms. The van der Waals surface area contributed by atoms with E-state index in [0.29, 0.717) is 6.04 Å². The van der Waals surface area contributed by atoms with Crippen LogP contribution in [0.1, 0.15) is 29.8 Å². The third-order valence-corrected chi connectivity index (χ3v) is 3.49. The van der Waals surface area contributed by atoms with Gasteiger partial charge in [-0.2, -0.15) is 5.10 Å². The molecular weight excluding hydrogens is 200 g/mol. The highest BCUT2D eigenvalue weighted by molar-refractivity contribution is 5.23. The van der Waals surface area contributed by atoms with Crippen molar-refractivity contribution in [2.45, 2.75) is 39.2 Å². The third-order valence-electron chi connectivity index (χ3n) is 3.49. The zero-order valence-corrected chi connectivity index (χ0v) is 10.3.